The number of carbonyl (C=O) groups is 1. The predicted octanol–water partition coefficient (Wildman–Crippen LogP) is 3.55. The summed E-state index contributed by atoms with van der Waals surface area (Å²) in [5, 5.41) is 3.17. The van der Waals surface area contributed by atoms with Crippen molar-refractivity contribution in [1.29, 1.82) is 0 Å². The molecule has 4 heteroatoms. The average molecular weight is 266 g/mol. The van der Waals surface area contributed by atoms with Crippen molar-refractivity contribution >= 4 is 11.6 Å². The van der Waals surface area contributed by atoms with E-state index in [1.165, 1.54) is 18.2 Å². The normalized spacial score (nSPS) is 13.9. The Hall–Kier alpha value is -1.58. The number of carbonyl (C=O) groups excluding carboxylic acids is 1. The number of primary amides is 1. The largest absolute Gasteiger partial charge is 0.380 e. The first-order chi connectivity index (χ1) is 8.97. The highest BCUT2D eigenvalue weighted by Crippen LogP contribution is 2.21. The van der Waals surface area contributed by atoms with Crippen molar-refractivity contribution in [2.24, 2.45) is 11.7 Å². The van der Waals surface area contributed by atoms with E-state index < -0.39 is 5.91 Å². The van der Waals surface area contributed by atoms with E-state index in [1.54, 1.807) is 0 Å². The number of hydrogen-bond acceptors (Lipinski definition) is 2. The van der Waals surface area contributed by atoms with Crippen LogP contribution in [0.15, 0.2) is 18.2 Å². The van der Waals surface area contributed by atoms with Crippen molar-refractivity contribution in [3.05, 3.63) is 29.6 Å². The van der Waals surface area contributed by atoms with Crippen LogP contribution in [0.3, 0.4) is 0 Å². The molecule has 1 aromatic rings. The minimum Gasteiger partial charge on any atom is -0.380 e. The van der Waals surface area contributed by atoms with E-state index in [0.717, 1.165) is 19.3 Å². The lowest BCUT2D eigenvalue weighted by Crippen LogP contribution is -2.22. The van der Waals surface area contributed by atoms with Crippen molar-refractivity contribution in [3.8, 4) is 0 Å². The Morgan fingerprint density at radius 1 is 1.37 bits per heavy atom. The summed E-state index contributed by atoms with van der Waals surface area (Å²) >= 11 is 0. The molecule has 2 atom stereocenters. The van der Waals surface area contributed by atoms with Gasteiger partial charge < -0.3 is 11.1 Å². The van der Waals surface area contributed by atoms with Crippen LogP contribution >= 0.6 is 0 Å². The van der Waals surface area contributed by atoms with E-state index in [2.05, 4.69) is 26.1 Å². The van der Waals surface area contributed by atoms with Gasteiger partial charge in [0.2, 0.25) is 5.91 Å². The van der Waals surface area contributed by atoms with Gasteiger partial charge >= 0.3 is 0 Å². The second-order valence-electron chi connectivity index (χ2n) is 5.06. The van der Waals surface area contributed by atoms with Crippen LogP contribution in [0.1, 0.15) is 50.4 Å². The fourth-order valence-corrected chi connectivity index (χ4v) is 1.99. The van der Waals surface area contributed by atoms with E-state index in [1.807, 2.05) is 0 Å². The molecule has 0 heterocycles. The van der Waals surface area contributed by atoms with Gasteiger partial charge in [-0.25, -0.2) is 4.39 Å². The quantitative estimate of drug-likeness (QED) is 0.793. The molecule has 0 aliphatic heterocycles. The first-order valence-corrected chi connectivity index (χ1v) is 6.83. The smallest absolute Gasteiger partial charge is 0.248 e. The number of nitrogens with one attached hydrogen (secondary N) is 1. The van der Waals surface area contributed by atoms with Gasteiger partial charge in [-0.05, 0) is 37.0 Å². The first kappa shape index (κ1) is 15.5. The molecule has 0 fully saturated rings. The molecule has 1 aromatic carbocycles. The summed E-state index contributed by atoms with van der Waals surface area (Å²) in [5.74, 6) is -0.314. The van der Waals surface area contributed by atoms with Gasteiger partial charge in [0.15, 0.2) is 0 Å². The second kappa shape index (κ2) is 7.12. The highest BCUT2D eigenvalue weighted by molar-refractivity contribution is 5.93. The van der Waals surface area contributed by atoms with Gasteiger partial charge in [-0.2, -0.15) is 0 Å². The van der Waals surface area contributed by atoms with Crippen LogP contribution in [0.2, 0.25) is 0 Å². The molecule has 0 spiro atoms. The summed E-state index contributed by atoms with van der Waals surface area (Å²) in [6.07, 6.45) is 2.99. The Morgan fingerprint density at radius 3 is 2.58 bits per heavy atom. The van der Waals surface area contributed by atoms with Crippen LogP contribution in [-0.4, -0.2) is 11.9 Å². The van der Waals surface area contributed by atoms with Gasteiger partial charge in [0, 0.05) is 11.6 Å². The van der Waals surface area contributed by atoms with Crippen molar-refractivity contribution in [1.82, 2.24) is 0 Å². The number of rotatable bonds is 7. The molecule has 19 heavy (non-hydrogen) atoms. The molecule has 1 amide bonds. The third-order valence-corrected chi connectivity index (χ3v) is 3.49. The van der Waals surface area contributed by atoms with Crippen molar-refractivity contribution in [3.63, 3.8) is 0 Å². The monoisotopic (exact) mass is 266 g/mol. The molecule has 0 aliphatic carbocycles. The zero-order valence-electron chi connectivity index (χ0n) is 11.9. The van der Waals surface area contributed by atoms with E-state index in [4.69, 9.17) is 5.73 Å². The maximum Gasteiger partial charge on any atom is 0.248 e. The maximum atomic E-state index is 13.7. The molecule has 3 nitrogen and oxygen atoms in total. The summed E-state index contributed by atoms with van der Waals surface area (Å²) in [6.45, 7) is 6.39. The summed E-state index contributed by atoms with van der Waals surface area (Å²) < 4.78 is 13.7. The molecule has 1 rings (SSSR count). The molecule has 2 unspecified atom stereocenters. The topological polar surface area (TPSA) is 55.1 Å². The van der Waals surface area contributed by atoms with E-state index in [9.17, 15) is 9.18 Å². The SMILES string of the molecule is CCC(C)CC(CC)Nc1cc(C(N)=O)ccc1F. The number of benzene rings is 1. The van der Waals surface area contributed by atoms with E-state index in [-0.39, 0.29) is 11.9 Å². The van der Waals surface area contributed by atoms with Crippen LogP contribution in [0.25, 0.3) is 0 Å². The minimum atomic E-state index is -0.543. The lowest BCUT2D eigenvalue weighted by atomic mass is 9.97. The third-order valence-electron chi connectivity index (χ3n) is 3.49. The van der Waals surface area contributed by atoms with Gasteiger partial charge in [-0.1, -0.05) is 27.2 Å². The Kier molecular flexibility index (Phi) is 5.80. The van der Waals surface area contributed by atoms with Gasteiger partial charge in [0.25, 0.3) is 0 Å². The van der Waals surface area contributed by atoms with Crippen LogP contribution in [0.5, 0.6) is 0 Å². The molecule has 0 radical (unpaired) electrons. The second-order valence-corrected chi connectivity index (χ2v) is 5.06. The van der Waals surface area contributed by atoms with E-state index in [0.29, 0.717) is 17.2 Å². The maximum absolute atomic E-state index is 13.7. The highest BCUT2D eigenvalue weighted by Gasteiger charge is 2.13. The number of nitrogens with two attached hydrogens (primary N) is 1. The molecule has 0 saturated heterocycles. The number of anilines is 1. The number of amides is 1. The van der Waals surface area contributed by atoms with Gasteiger partial charge in [-0.3, -0.25) is 4.79 Å². The minimum absolute atomic E-state index is 0.201. The lowest BCUT2D eigenvalue weighted by Gasteiger charge is -2.22. The van der Waals surface area contributed by atoms with Crippen LogP contribution in [0, 0.1) is 11.7 Å². The van der Waals surface area contributed by atoms with Crippen molar-refractivity contribution < 1.29 is 9.18 Å². The Bertz CT molecular complexity index is 434. The molecular formula is C15H23FN2O. The summed E-state index contributed by atoms with van der Waals surface area (Å²) in [4.78, 5) is 11.1. The summed E-state index contributed by atoms with van der Waals surface area (Å²) in [5.41, 5.74) is 5.88. The predicted molar refractivity (Wildman–Crippen MR) is 76.7 cm³/mol. The fraction of sp³-hybridized carbons (Fsp3) is 0.533. The molecular weight excluding hydrogens is 243 g/mol. The standard InChI is InChI=1S/C15H23FN2O/c1-4-10(3)8-12(5-2)18-14-9-11(15(17)19)6-7-13(14)16/h6-7,9-10,12,18H,4-5,8H2,1-3H3,(H2,17,19). The molecule has 0 aliphatic rings. The summed E-state index contributed by atoms with van der Waals surface area (Å²) in [7, 11) is 0. The lowest BCUT2D eigenvalue weighted by molar-refractivity contribution is 0.100. The Morgan fingerprint density at radius 2 is 2.05 bits per heavy atom. The van der Waals surface area contributed by atoms with Gasteiger partial charge in [0.1, 0.15) is 5.82 Å². The van der Waals surface area contributed by atoms with Gasteiger partial charge in [-0.15, -0.1) is 0 Å². The number of halogens is 1. The van der Waals surface area contributed by atoms with Gasteiger partial charge in [0.05, 0.1) is 5.69 Å². The summed E-state index contributed by atoms with van der Waals surface area (Å²) in [6, 6.07) is 4.36. The molecule has 0 saturated carbocycles. The van der Waals surface area contributed by atoms with Crippen molar-refractivity contribution in [2.75, 3.05) is 5.32 Å². The van der Waals surface area contributed by atoms with Crippen LogP contribution in [0.4, 0.5) is 10.1 Å². The van der Waals surface area contributed by atoms with Crippen molar-refractivity contribution in [2.45, 2.75) is 46.1 Å². The number of hydrogen-bond donors (Lipinski definition) is 2. The Balaban J connectivity index is 2.84. The highest BCUT2D eigenvalue weighted by atomic mass is 19.1. The molecule has 106 valence electrons. The van der Waals surface area contributed by atoms with Crippen LogP contribution < -0.4 is 11.1 Å². The van der Waals surface area contributed by atoms with E-state index >= 15 is 0 Å². The molecule has 3 N–H and O–H groups in total. The Labute approximate surface area is 114 Å². The average Bonchev–Trinajstić information content (AvgIpc) is 2.39. The fourth-order valence-electron chi connectivity index (χ4n) is 1.99. The first-order valence-electron chi connectivity index (χ1n) is 6.83. The zero-order valence-corrected chi connectivity index (χ0v) is 11.9. The third kappa shape index (κ3) is 4.54. The zero-order chi connectivity index (χ0) is 14.4. The molecule has 0 aromatic heterocycles. The molecule has 0 bridgehead atoms. The van der Waals surface area contributed by atoms with Crippen LogP contribution in [-0.2, 0) is 0 Å².